The quantitative estimate of drug-likeness (QED) is 0.896. The van der Waals surface area contributed by atoms with Crippen molar-refractivity contribution in [2.24, 2.45) is 0 Å². The van der Waals surface area contributed by atoms with Crippen molar-refractivity contribution in [3.8, 4) is 0 Å². The third-order valence-electron chi connectivity index (χ3n) is 4.27. The highest BCUT2D eigenvalue weighted by atomic mass is 35.5. The first-order valence-electron chi connectivity index (χ1n) is 7.28. The van der Waals surface area contributed by atoms with Crippen LogP contribution in [0, 0.1) is 0 Å². The lowest BCUT2D eigenvalue weighted by atomic mass is 10.0. The second kappa shape index (κ2) is 6.12. The number of rotatable bonds is 2. The fourth-order valence-corrected chi connectivity index (χ4v) is 3.35. The van der Waals surface area contributed by atoms with Gasteiger partial charge in [-0.2, -0.15) is 0 Å². The standard InChI is InChI=1S/C15H22ClN3/c16-13-3-1-4-14(11-13)18-7-9-19(10-8-18)15-5-2-6-17-12-15/h1,3-4,11,15,17H,2,5-10,12H2/t15-/m0/s1. The number of nitrogens with zero attached hydrogens (tertiary/aromatic N) is 2. The molecule has 1 atom stereocenters. The third-order valence-corrected chi connectivity index (χ3v) is 4.51. The van der Waals surface area contributed by atoms with Crippen LogP contribution >= 0.6 is 11.6 Å². The first kappa shape index (κ1) is 13.2. The number of benzene rings is 1. The van der Waals surface area contributed by atoms with Gasteiger partial charge in [0.25, 0.3) is 0 Å². The molecule has 0 aliphatic carbocycles. The van der Waals surface area contributed by atoms with Crippen LogP contribution < -0.4 is 10.2 Å². The summed E-state index contributed by atoms with van der Waals surface area (Å²) in [7, 11) is 0. The first-order chi connectivity index (χ1) is 9.33. The van der Waals surface area contributed by atoms with Crippen LogP contribution in [0.1, 0.15) is 12.8 Å². The van der Waals surface area contributed by atoms with Crippen LogP contribution in [0.3, 0.4) is 0 Å². The number of anilines is 1. The van der Waals surface area contributed by atoms with Crippen LogP contribution in [0.5, 0.6) is 0 Å². The van der Waals surface area contributed by atoms with Gasteiger partial charge in [-0.3, -0.25) is 4.90 Å². The summed E-state index contributed by atoms with van der Waals surface area (Å²) >= 11 is 6.07. The molecule has 2 aliphatic heterocycles. The van der Waals surface area contributed by atoms with Gasteiger partial charge in [-0.15, -0.1) is 0 Å². The second-order valence-electron chi connectivity index (χ2n) is 5.50. The molecule has 2 aliphatic rings. The Morgan fingerprint density at radius 3 is 2.68 bits per heavy atom. The van der Waals surface area contributed by atoms with Gasteiger partial charge in [-0.05, 0) is 37.6 Å². The SMILES string of the molecule is Clc1cccc(N2CCN([C@H]3CCCNC3)CC2)c1. The zero-order valence-electron chi connectivity index (χ0n) is 11.3. The average Bonchev–Trinajstić information content (AvgIpc) is 2.48. The molecular formula is C15H22ClN3. The molecule has 0 aromatic heterocycles. The highest BCUT2D eigenvalue weighted by molar-refractivity contribution is 6.30. The van der Waals surface area contributed by atoms with Crippen LogP contribution in [0.15, 0.2) is 24.3 Å². The summed E-state index contributed by atoms with van der Waals surface area (Å²) < 4.78 is 0. The Morgan fingerprint density at radius 2 is 2.00 bits per heavy atom. The molecule has 1 aromatic rings. The van der Waals surface area contributed by atoms with E-state index in [0.29, 0.717) is 0 Å². The highest BCUT2D eigenvalue weighted by Crippen LogP contribution is 2.22. The van der Waals surface area contributed by atoms with Crippen molar-refractivity contribution < 1.29 is 0 Å². The summed E-state index contributed by atoms with van der Waals surface area (Å²) in [6.45, 7) is 6.90. The lowest BCUT2D eigenvalue weighted by Gasteiger charge is -2.41. The van der Waals surface area contributed by atoms with Crippen molar-refractivity contribution in [3.63, 3.8) is 0 Å². The van der Waals surface area contributed by atoms with E-state index in [1.807, 2.05) is 12.1 Å². The summed E-state index contributed by atoms with van der Waals surface area (Å²) in [6.07, 6.45) is 2.67. The van der Waals surface area contributed by atoms with Crippen LogP contribution in [0.25, 0.3) is 0 Å². The molecule has 4 heteroatoms. The predicted octanol–water partition coefficient (Wildman–Crippen LogP) is 2.21. The number of halogens is 1. The third kappa shape index (κ3) is 3.22. The van der Waals surface area contributed by atoms with Crippen molar-refractivity contribution in [1.82, 2.24) is 10.2 Å². The van der Waals surface area contributed by atoms with Gasteiger partial charge in [0.05, 0.1) is 0 Å². The predicted molar refractivity (Wildman–Crippen MR) is 81.1 cm³/mol. The van der Waals surface area contributed by atoms with Crippen molar-refractivity contribution in [2.75, 3.05) is 44.2 Å². The largest absolute Gasteiger partial charge is 0.369 e. The molecule has 104 valence electrons. The molecule has 2 saturated heterocycles. The highest BCUT2D eigenvalue weighted by Gasteiger charge is 2.25. The Labute approximate surface area is 120 Å². The molecule has 0 spiro atoms. The Balaban J connectivity index is 1.57. The van der Waals surface area contributed by atoms with E-state index in [1.165, 1.54) is 38.2 Å². The van der Waals surface area contributed by atoms with Crippen molar-refractivity contribution in [2.45, 2.75) is 18.9 Å². The summed E-state index contributed by atoms with van der Waals surface area (Å²) in [4.78, 5) is 5.09. The maximum atomic E-state index is 6.07. The van der Waals surface area contributed by atoms with Crippen molar-refractivity contribution >= 4 is 17.3 Å². The van der Waals surface area contributed by atoms with Gasteiger partial charge in [-0.25, -0.2) is 0 Å². The molecule has 0 amide bonds. The van der Waals surface area contributed by atoms with Gasteiger partial charge in [0.1, 0.15) is 0 Å². The normalized spacial score (nSPS) is 25.5. The van der Waals surface area contributed by atoms with Gasteiger partial charge in [0.2, 0.25) is 0 Å². The molecule has 0 radical (unpaired) electrons. The maximum Gasteiger partial charge on any atom is 0.0426 e. The van der Waals surface area contributed by atoms with E-state index >= 15 is 0 Å². The zero-order chi connectivity index (χ0) is 13.1. The molecule has 19 heavy (non-hydrogen) atoms. The Bertz CT molecular complexity index is 410. The van der Waals surface area contributed by atoms with Gasteiger partial charge in [-0.1, -0.05) is 17.7 Å². The molecule has 2 heterocycles. The van der Waals surface area contributed by atoms with Crippen LogP contribution in [-0.2, 0) is 0 Å². The van der Waals surface area contributed by atoms with Crippen LogP contribution in [0.4, 0.5) is 5.69 Å². The second-order valence-corrected chi connectivity index (χ2v) is 5.94. The number of hydrogen-bond donors (Lipinski definition) is 1. The lowest BCUT2D eigenvalue weighted by Crippen LogP contribution is -2.54. The maximum absolute atomic E-state index is 6.07. The Kier molecular flexibility index (Phi) is 4.26. The number of nitrogens with one attached hydrogen (secondary N) is 1. The zero-order valence-corrected chi connectivity index (χ0v) is 12.1. The summed E-state index contributed by atoms with van der Waals surface area (Å²) in [6, 6.07) is 8.95. The topological polar surface area (TPSA) is 18.5 Å². The molecular weight excluding hydrogens is 258 g/mol. The molecule has 0 unspecified atom stereocenters. The molecule has 0 bridgehead atoms. The molecule has 1 aromatic carbocycles. The average molecular weight is 280 g/mol. The molecule has 1 N–H and O–H groups in total. The first-order valence-corrected chi connectivity index (χ1v) is 7.66. The van der Waals surface area contributed by atoms with E-state index in [1.54, 1.807) is 0 Å². The smallest absolute Gasteiger partial charge is 0.0426 e. The number of piperidine rings is 1. The monoisotopic (exact) mass is 279 g/mol. The minimum absolute atomic E-state index is 0.746. The fourth-order valence-electron chi connectivity index (χ4n) is 3.16. The number of piperazine rings is 1. The fraction of sp³-hybridized carbons (Fsp3) is 0.600. The van der Waals surface area contributed by atoms with Crippen LogP contribution in [0.2, 0.25) is 5.02 Å². The minimum atomic E-state index is 0.746. The molecule has 3 rings (SSSR count). The van der Waals surface area contributed by atoms with E-state index in [4.69, 9.17) is 11.6 Å². The number of hydrogen-bond acceptors (Lipinski definition) is 3. The van der Waals surface area contributed by atoms with E-state index in [0.717, 1.165) is 30.7 Å². The van der Waals surface area contributed by atoms with Crippen molar-refractivity contribution in [1.29, 1.82) is 0 Å². The van der Waals surface area contributed by atoms with Crippen molar-refractivity contribution in [3.05, 3.63) is 29.3 Å². The summed E-state index contributed by atoms with van der Waals surface area (Å²) in [5.41, 5.74) is 1.26. The summed E-state index contributed by atoms with van der Waals surface area (Å²) in [5.74, 6) is 0. The lowest BCUT2D eigenvalue weighted by molar-refractivity contribution is 0.157. The Hall–Kier alpha value is -0.770. The van der Waals surface area contributed by atoms with Gasteiger partial charge in [0, 0.05) is 49.5 Å². The minimum Gasteiger partial charge on any atom is -0.369 e. The van der Waals surface area contributed by atoms with Gasteiger partial charge < -0.3 is 10.2 Å². The van der Waals surface area contributed by atoms with Crippen LogP contribution in [-0.4, -0.2) is 50.2 Å². The molecule has 0 saturated carbocycles. The summed E-state index contributed by atoms with van der Waals surface area (Å²) in [5, 5.41) is 4.34. The molecule has 3 nitrogen and oxygen atoms in total. The van der Waals surface area contributed by atoms with E-state index < -0.39 is 0 Å². The van der Waals surface area contributed by atoms with Gasteiger partial charge in [0.15, 0.2) is 0 Å². The van der Waals surface area contributed by atoms with Gasteiger partial charge >= 0.3 is 0 Å². The van der Waals surface area contributed by atoms with E-state index in [-0.39, 0.29) is 0 Å². The molecule has 2 fully saturated rings. The van der Waals surface area contributed by atoms with E-state index in [9.17, 15) is 0 Å². The Morgan fingerprint density at radius 1 is 1.16 bits per heavy atom. The van der Waals surface area contributed by atoms with E-state index in [2.05, 4.69) is 27.2 Å².